The minimum absolute atomic E-state index is 0.0246. The summed E-state index contributed by atoms with van der Waals surface area (Å²) in [5.41, 5.74) is 1.86. The molecule has 29 heavy (non-hydrogen) atoms. The Hall–Kier alpha value is -4.00. The maximum atomic E-state index is 12.1. The van der Waals surface area contributed by atoms with Gasteiger partial charge in [-0.2, -0.15) is 0 Å². The molecular formula is C22H19N5O2. The van der Waals surface area contributed by atoms with Gasteiger partial charge in [0, 0.05) is 30.6 Å². The van der Waals surface area contributed by atoms with Gasteiger partial charge in [-0.25, -0.2) is 4.98 Å². The Morgan fingerprint density at radius 3 is 2.48 bits per heavy atom. The zero-order valence-corrected chi connectivity index (χ0v) is 15.6. The maximum Gasteiger partial charge on any atom is 0.238 e. The Morgan fingerprint density at radius 1 is 0.966 bits per heavy atom. The Morgan fingerprint density at radius 2 is 1.79 bits per heavy atom. The van der Waals surface area contributed by atoms with E-state index in [-0.39, 0.29) is 5.91 Å². The summed E-state index contributed by atoms with van der Waals surface area (Å²) in [6.45, 7) is 0. The number of hydrogen-bond acceptors (Lipinski definition) is 5. The Kier molecular flexibility index (Phi) is 5.57. The van der Waals surface area contributed by atoms with E-state index in [1.165, 1.54) is 0 Å². The normalized spacial score (nSPS) is 10.5. The van der Waals surface area contributed by atoms with Gasteiger partial charge in [0.1, 0.15) is 12.1 Å². The molecule has 0 aliphatic rings. The average molecular weight is 385 g/mol. The van der Waals surface area contributed by atoms with Gasteiger partial charge in [-0.3, -0.25) is 9.36 Å². The third kappa shape index (κ3) is 5.04. The molecule has 2 aromatic carbocycles. The van der Waals surface area contributed by atoms with E-state index in [2.05, 4.69) is 20.5 Å². The number of nitrogens with zero attached hydrogens (tertiary/aromatic N) is 4. The molecule has 144 valence electrons. The van der Waals surface area contributed by atoms with Gasteiger partial charge in [0.15, 0.2) is 5.82 Å². The van der Waals surface area contributed by atoms with E-state index >= 15 is 0 Å². The summed E-state index contributed by atoms with van der Waals surface area (Å²) >= 11 is 0. The maximum absolute atomic E-state index is 12.1. The van der Waals surface area contributed by atoms with Crippen molar-refractivity contribution in [2.24, 2.45) is 0 Å². The van der Waals surface area contributed by atoms with Crippen molar-refractivity contribution in [1.29, 1.82) is 0 Å². The highest BCUT2D eigenvalue weighted by Crippen LogP contribution is 2.21. The van der Waals surface area contributed by atoms with E-state index in [9.17, 15) is 4.79 Å². The molecule has 0 saturated heterocycles. The molecule has 0 atom stereocenters. The highest BCUT2D eigenvalue weighted by atomic mass is 16.5. The molecule has 0 unspecified atom stereocenters. The predicted molar refractivity (Wildman–Crippen MR) is 109 cm³/mol. The highest BCUT2D eigenvalue weighted by molar-refractivity contribution is 5.90. The molecule has 1 amide bonds. The molecule has 2 heterocycles. The summed E-state index contributed by atoms with van der Waals surface area (Å²) in [6.07, 6.45) is 6.26. The molecule has 2 aromatic heterocycles. The zero-order valence-electron chi connectivity index (χ0n) is 15.6. The number of aryl methyl sites for hydroxylation is 1. The van der Waals surface area contributed by atoms with Gasteiger partial charge in [0.2, 0.25) is 11.8 Å². The molecule has 0 bridgehead atoms. The molecule has 0 aliphatic heterocycles. The van der Waals surface area contributed by atoms with Crippen molar-refractivity contribution in [2.45, 2.75) is 12.8 Å². The van der Waals surface area contributed by atoms with E-state index in [1.807, 2.05) is 30.3 Å². The summed E-state index contributed by atoms with van der Waals surface area (Å²) < 4.78 is 7.46. The van der Waals surface area contributed by atoms with Crippen LogP contribution < -0.4 is 10.1 Å². The molecule has 4 rings (SSSR count). The molecule has 0 saturated carbocycles. The molecule has 0 spiro atoms. The summed E-state index contributed by atoms with van der Waals surface area (Å²) in [7, 11) is 0. The number of hydrogen-bond donors (Lipinski definition) is 1. The van der Waals surface area contributed by atoms with Crippen LogP contribution in [0.1, 0.15) is 12.0 Å². The van der Waals surface area contributed by atoms with Crippen molar-refractivity contribution < 1.29 is 9.53 Å². The standard InChI is InChI=1S/C22H19N5O2/c28-21(12-6-17-4-2-1-3-5-17)24-18-7-9-19(10-8-18)29-22-13-11-20(25-26-22)27-15-14-23-16-27/h1-5,7-11,13-16H,6,12H2,(H,24,28). The third-order valence-electron chi connectivity index (χ3n) is 4.24. The van der Waals surface area contributed by atoms with Crippen LogP contribution in [0.2, 0.25) is 0 Å². The van der Waals surface area contributed by atoms with E-state index in [0.717, 1.165) is 11.3 Å². The van der Waals surface area contributed by atoms with Gasteiger partial charge in [0.05, 0.1) is 0 Å². The Labute approximate surface area is 168 Å². The van der Waals surface area contributed by atoms with E-state index in [1.54, 1.807) is 59.7 Å². The monoisotopic (exact) mass is 385 g/mol. The second-order valence-electron chi connectivity index (χ2n) is 6.36. The smallest absolute Gasteiger partial charge is 0.238 e. The van der Waals surface area contributed by atoms with Crippen molar-refractivity contribution in [1.82, 2.24) is 19.7 Å². The summed E-state index contributed by atoms with van der Waals surface area (Å²) in [4.78, 5) is 16.1. The lowest BCUT2D eigenvalue weighted by Gasteiger charge is -2.08. The molecule has 0 radical (unpaired) electrons. The lowest BCUT2D eigenvalue weighted by Crippen LogP contribution is -2.12. The molecule has 1 N–H and O–H groups in total. The third-order valence-corrected chi connectivity index (χ3v) is 4.24. The van der Waals surface area contributed by atoms with E-state index in [4.69, 9.17) is 4.74 Å². The zero-order chi connectivity index (χ0) is 19.9. The van der Waals surface area contributed by atoms with Crippen LogP contribution in [0, 0.1) is 0 Å². The van der Waals surface area contributed by atoms with Crippen LogP contribution in [-0.4, -0.2) is 25.7 Å². The van der Waals surface area contributed by atoms with Gasteiger partial charge in [-0.05, 0) is 42.3 Å². The number of imidazole rings is 1. The largest absolute Gasteiger partial charge is 0.438 e. The van der Waals surface area contributed by atoms with Crippen LogP contribution in [0.15, 0.2) is 85.5 Å². The summed E-state index contributed by atoms with van der Waals surface area (Å²) in [5.74, 6) is 1.62. The number of aromatic nitrogens is 4. The number of anilines is 1. The first-order valence-corrected chi connectivity index (χ1v) is 9.20. The molecule has 0 fully saturated rings. The second-order valence-corrected chi connectivity index (χ2v) is 6.36. The first kappa shape index (κ1) is 18.4. The second kappa shape index (κ2) is 8.79. The number of benzene rings is 2. The van der Waals surface area contributed by atoms with Gasteiger partial charge in [-0.1, -0.05) is 30.3 Å². The van der Waals surface area contributed by atoms with Gasteiger partial charge < -0.3 is 10.1 Å². The molecule has 7 heteroatoms. The van der Waals surface area contributed by atoms with Crippen molar-refractivity contribution >= 4 is 11.6 Å². The fourth-order valence-electron chi connectivity index (χ4n) is 2.75. The Balaban J connectivity index is 1.30. The van der Waals surface area contributed by atoms with Crippen molar-refractivity contribution in [2.75, 3.05) is 5.32 Å². The first-order valence-electron chi connectivity index (χ1n) is 9.20. The van der Waals surface area contributed by atoms with Gasteiger partial charge in [-0.15, -0.1) is 10.2 Å². The van der Waals surface area contributed by atoms with Crippen LogP contribution in [0.5, 0.6) is 11.6 Å². The van der Waals surface area contributed by atoms with Gasteiger partial charge >= 0.3 is 0 Å². The molecule has 4 aromatic rings. The number of carbonyl (C=O) groups excluding carboxylic acids is 1. The lowest BCUT2D eigenvalue weighted by molar-refractivity contribution is -0.116. The van der Waals surface area contributed by atoms with Crippen molar-refractivity contribution in [3.8, 4) is 17.4 Å². The number of carbonyl (C=O) groups is 1. The highest BCUT2D eigenvalue weighted by Gasteiger charge is 2.05. The Bertz CT molecular complexity index is 1050. The first-order chi connectivity index (χ1) is 14.3. The summed E-state index contributed by atoms with van der Waals surface area (Å²) in [5, 5.41) is 11.1. The van der Waals surface area contributed by atoms with E-state index < -0.39 is 0 Å². The van der Waals surface area contributed by atoms with Crippen LogP contribution >= 0.6 is 0 Å². The predicted octanol–water partition coefficient (Wildman–Crippen LogP) is 4.03. The minimum Gasteiger partial charge on any atom is -0.438 e. The number of nitrogens with one attached hydrogen (secondary N) is 1. The van der Waals surface area contributed by atoms with Crippen LogP contribution in [0.3, 0.4) is 0 Å². The minimum atomic E-state index is -0.0246. The van der Waals surface area contributed by atoms with Gasteiger partial charge in [0.25, 0.3) is 0 Å². The van der Waals surface area contributed by atoms with E-state index in [0.29, 0.717) is 30.3 Å². The SMILES string of the molecule is O=C(CCc1ccccc1)Nc1ccc(Oc2ccc(-n3ccnc3)nn2)cc1. The quantitative estimate of drug-likeness (QED) is 0.519. The number of ether oxygens (including phenoxy) is 1. The number of amides is 1. The molecule has 0 aliphatic carbocycles. The van der Waals surface area contributed by atoms with Crippen molar-refractivity contribution in [3.63, 3.8) is 0 Å². The fourth-order valence-corrected chi connectivity index (χ4v) is 2.75. The topological polar surface area (TPSA) is 81.9 Å². The van der Waals surface area contributed by atoms with Crippen LogP contribution in [0.4, 0.5) is 5.69 Å². The average Bonchev–Trinajstić information content (AvgIpc) is 3.30. The van der Waals surface area contributed by atoms with Crippen LogP contribution in [-0.2, 0) is 11.2 Å². The summed E-state index contributed by atoms with van der Waals surface area (Å²) in [6, 6.07) is 20.6. The molecular weight excluding hydrogens is 366 g/mol. The van der Waals surface area contributed by atoms with Crippen molar-refractivity contribution in [3.05, 3.63) is 91.0 Å². The number of rotatable bonds is 7. The van der Waals surface area contributed by atoms with Crippen LogP contribution in [0.25, 0.3) is 5.82 Å². The fraction of sp³-hybridized carbons (Fsp3) is 0.0909. The molecule has 7 nitrogen and oxygen atoms in total. The lowest BCUT2D eigenvalue weighted by atomic mass is 10.1.